The first-order chi connectivity index (χ1) is 12.7. The minimum absolute atomic E-state index is 0.166. The molecule has 0 radical (unpaired) electrons. The van der Waals surface area contributed by atoms with Gasteiger partial charge in [-0.1, -0.05) is 0 Å². The lowest BCUT2D eigenvalue weighted by Gasteiger charge is -2.32. The molecule has 3 aromatic rings. The molecule has 134 valence electrons. The number of nitrogens with zero attached hydrogens (tertiary/aromatic N) is 4. The summed E-state index contributed by atoms with van der Waals surface area (Å²) < 4.78 is 2.29. The summed E-state index contributed by atoms with van der Waals surface area (Å²) in [4.78, 5) is 23.3. The molecule has 0 N–H and O–H groups in total. The molecule has 1 saturated heterocycles. The van der Waals surface area contributed by atoms with E-state index >= 15 is 0 Å². The summed E-state index contributed by atoms with van der Waals surface area (Å²) in [6.07, 6.45) is 7.63. The van der Waals surface area contributed by atoms with Crippen molar-refractivity contribution >= 4 is 17.2 Å². The van der Waals surface area contributed by atoms with Crippen molar-refractivity contribution in [2.75, 3.05) is 13.1 Å². The lowest BCUT2D eigenvalue weighted by molar-refractivity contribution is 0.0683. The molecule has 0 atom stereocenters. The Balaban J connectivity index is 1.42. The van der Waals surface area contributed by atoms with Crippen molar-refractivity contribution < 1.29 is 4.79 Å². The van der Waals surface area contributed by atoms with E-state index in [-0.39, 0.29) is 5.91 Å². The molecular formula is C20H22N4OS. The fraction of sp³-hybridized carbons (Fsp3) is 0.350. The molecule has 1 fully saturated rings. The minimum Gasteiger partial charge on any atom is -0.339 e. The van der Waals surface area contributed by atoms with Gasteiger partial charge < -0.3 is 9.47 Å². The zero-order valence-electron chi connectivity index (χ0n) is 14.8. The van der Waals surface area contributed by atoms with E-state index in [9.17, 15) is 4.79 Å². The number of hydrogen-bond acceptors (Lipinski definition) is 4. The third-order valence-electron chi connectivity index (χ3n) is 5.09. The Hall–Kier alpha value is -2.47. The number of aromatic nitrogens is 3. The second kappa shape index (κ2) is 7.41. The first kappa shape index (κ1) is 17.0. The van der Waals surface area contributed by atoms with Crippen molar-refractivity contribution in [3.05, 3.63) is 58.8 Å². The van der Waals surface area contributed by atoms with Crippen LogP contribution in [-0.4, -0.2) is 38.4 Å². The van der Waals surface area contributed by atoms with E-state index in [1.807, 2.05) is 46.3 Å². The van der Waals surface area contributed by atoms with Gasteiger partial charge in [0, 0.05) is 54.9 Å². The molecule has 6 heteroatoms. The number of aryl methyl sites for hydroxylation is 1. The lowest BCUT2D eigenvalue weighted by atomic mass is 9.96. The van der Waals surface area contributed by atoms with Crippen LogP contribution in [0.1, 0.15) is 28.9 Å². The Morgan fingerprint density at radius 1 is 1.27 bits per heavy atom. The number of piperidine rings is 1. The van der Waals surface area contributed by atoms with Gasteiger partial charge in [0.25, 0.3) is 5.91 Å². The summed E-state index contributed by atoms with van der Waals surface area (Å²) in [6, 6.07) is 5.90. The van der Waals surface area contributed by atoms with Gasteiger partial charge in [-0.3, -0.25) is 9.78 Å². The van der Waals surface area contributed by atoms with Crippen LogP contribution in [0, 0.1) is 12.8 Å². The summed E-state index contributed by atoms with van der Waals surface area (Å²) in [5.74, 6) is 1.71. The highest BCUT2D eigenvalue weighted by molar-refractivity contribution is 7.08. The molecule has 4 rings (SSSR count). The smallest absolute Gasteiger partial charge is 0.254 e. The summed E-state index contributed by atoms with van der Waals surface area (Å²) >= 11 is 1.57. The fourth-order valence-electron chi connectivity index (χ4n) is 3.56. The molecule has 0 saturated carbocycles. The Labute approximate surface area is 157 Å². The first-order valence-corrected chi connectivity index (χ1v) is 9.90. The number of carbonyl (C=O) groups excluding carboxylic acids is 1. The number of imidazole rings is 1. The second-order valence-corrected chi connectivity index (χ2v) is 7.60. The largest absolute Gasteiger partial charge is 0.339 e. The van der Waals surface area contributed by atoms with Gasteiger partial charge >= 0.3 is 0 Å². The van der Waals surface area contributed by atoms with Gasteiger partial charge in [-0.15, -0.1) is 0 Å². The number of pyridine rings is 1. The van der Waals surface area contributed by atoms with E-state index in [1.54, 1.807) is 17.5 Å². The van der Waals surface area contributed by atoms with Crippen LogP contribution in [0.3, 0.4) is 0 Å². The Bertz CT molecular complexity index is 865. The van der Waals surface area contributed by atoms with Gasteiger partial charge in [0.15, 0.2) is 0 Å². The maximum absolute atomic E-state index is 12.5. The van der Waals surface area contributed by atoms with Gasteiger partial charge in [-0.05, 0) is 49.3 Å². The fourth-order valence-corrected chi connectivity index (χ4v) is 4.19. The van der Waals surface area contributed by atoms with Crippen LogP contribution >= 0.6 is 11.3 Å². The zero-order valence-corrected chi connectivity index (χ0v) is 15.7. The Morgan fingerprint density at radius 3 is 2.81 bits per heavy atom. The van der Waals surface area contributed by atoms with Crippen LogP contribution in [0.4, 0.5) is 0 Å². The molecule has 1 aliphatic heterocycles. The Kier molecular flexibility index (Phi) is 4.84. The molecule has 4 heterocycles. The number of carbonyl (C=O) groups is 1. The molecule has 1 aliphatic rings. The number of likely N-dealkylation sites (tertiary alicyclic amines) is 1. The monoisotopic (exact) mass is 366 g/mol. The van der Waals surface area contributed by atoms with Gasteiger partial charge in [0.1, 0.15) is 5.82 Å². The first-order valence-electron chi connectivity index (χ1n) is 8.96. The molecule has 0 aliphatic carbocycles. The second-order valence-electron chi connectivity index (χ2n) is 6.82. The van der Waals surface area contributed by atoms with E-state index in [4.69, 9.17) is 0 Å². The molecule has 0 aromatic carbocycles. The molecular weight excluding hydrogens is 344 g/mol. The van der Waals surface area contributed by atoms with Crippen molar-refractivity contribution in [3.63, 3.8) is 0 Å². The maximum Gasteiger partial charge on any atom is 0.254 e. The van der Waals surface area contributed by atoms with E-state index in [1.165, 1.54) is 5.69 Å². The lowest BCUT2D eigenvalue weighted by Crippen LogP contribution is -2.39. The normalized spacial score (nSPS) is 15.3. The summed E-state index contributed by atoms with van der Waals surface area (Å²) in [5, 5.41) is 3.89. The highest BCUT2D eigenvalue weighted by Crippen LogP contribution is 2.25. The van der Waals surface area contributed by atoms with Crippen LogP contribution in [0.25, 0.3) is 11.4 Å². The zero-order chi connectivity index (χ0) is 17.9. The minimum atomic E-state index is 0.166. The van der Waals surface area contributed by atoms with E-state index < -0.39 is 0 Å². The van der Waals surface area contributed by atoms with Gasteiger partial charge in [-0.25, -0.2) is 4.98 Å². The highest BCUT2D eigenvalue weighted by atomic mass is 32.1. The van der Waals surface area contributed by atoms with Gasteiger partial charge in [0.2, 0.25) is 0 Å². The van der Waals surface area contributed by atoms with Crippen molar-refractivity contribution in [2.24, 2.45) is 5.92 Å². The number of hydrogen-bond donors (Lipinski definition) is 0. The average molecular weight is 366 g/mol. The molecule has 0 unspecified atom stereocenters. The van der Waals surface area contributed by atoms with Crippen LogP contribution in [0.5, 0.6) is 0 Å². The third-order valence-corrected chi connectivity index (χ3v) is 5.77. The topological polar surface area (TPSA) is 51.0 Å². The summed E-state index contributed by atoms with van der Waals surface area (Å²) in [7, 11) is 0. The predicted molar refractivity (Wildman–Crippen MR) is 103 cm³/mol. The molecule has 0 spiro atoms. The molecule has 1 amide bonds. The number of amides is 1. The van der Waals surface area contributed by atoms with Gasteiger partial charge in [0.05, 0.1) is 5.56 Å². The maximum atomic E-state index is 12.5. The number of thiophene rings is 1. The van der Waals surface area contributed by atoms with Crippen LogP contribution in [0.2, 0.25) is 0 Å². The molecule has 5 nitrogen and oxygen atoms in total. The number of rotatable bonds is 4. The quantitative estimate of drug-likeness (QED) is 0.704. The van der Waals surface area contributed by atoms with Crippen LogP contribution in [0.15, 0.2) is 47.5 Å². The van der Waals surface area contributed by atoms with Crippen molar-refractivity contribution in [2.45, 2.75) is 26.3 Å². The van der Waals surface area contributed by atoms with Crippen molar-refractivity contribution in [1.29, 1.82) is 0 Å². The van der Waals surface area contributed by atoms with Gasteiger partial charge in [-0.2, -0.15) is 11.3 Å². The van der Waals surface area contributed by atoms with E-state index in [0.717, 1.165) is 49.4 Å². The molecule has 26 heavy (non-hydrogen) atoms. The SMILES string of the molecule is Cc1cnc(-c2cccnc2)n1CC1CCN(C(=O)c2ccsc2)CC1. The predicted octanol–water partition coefficient (Wildman–Crippen LogP) is 3.87. The summed E-state index contributed by atoms with van der Waals surface area (Å²) in [6.45, 7) is 4.70. The van der Waals surface area contributed by atoms with Crippen LogP contribution < -0.4 is 0 Å². The molecule has 0 bridgehead atoms. The van der Waals surface area contributed by atoms with Crippen LogP contribution in [-0.2, 0) is 6.54 Å². The Morgan fingerprint density at radius 2 is 2.12 bits per heavy atom. The summed E-state index contributed by atoms with van der Waals surface area (Å²) in [5.41, 5.74) is 3.03. The van der Waals surface area contributed by atoms with E-state index in [2.05, 4.69) is 21.5 Å². The average Bonchev–Trinajstić information content (AvgIpc) is 3.34. The third kappa shape index (κ3) is 3.42. The van der Waals surface area contributed by atoms with Crippen molar-refractivity contribution in [3.8, 4) is 11.4 Å². The highest BCUT2D eigenvalue weighted by Gasteiger charge is 2.25. The van der Waals surface area contributed by atoms with E-state index in [0.29, 0.717) is 5.92 Å². The molecule has 3 aromatic heterocycles. The van der Waals surface area contributed by atoms with Crippen molar-refractivity contribution in [1.82, 2.24) is 19.4 Å². The standard InChI is InChI=1S/C20H22N4OS/c1-15-11-22-19(17-3-2-7-21-12-17)24(15)13-16-4-8-23(9-5-16)20(25)18-6-10-26-14-18/h2-3,6-7,10-12,14,16H,4-5,8-9,13H2,1H3.